The topological polar surface area (TPSA) is 58.6 Å². The summed E-state index contributed by atoms with van der Waals surface area (Å²) in [6.07, 6.45) is 4.99. The van der Waals surface area contributed by atoms with Gasteiger partial charge in [0.15, 0.2) is 0 Å². The summed E-state index contributed by atoms with van der Waals surface area (Å²) in [7, 11) is 0. The second kappa shape index (κ2) is 8.73. The number of benzene rings is 1. The molecule has 5 heteroatoms. The van der Waals surface area contributed by atoms with Gasteiger partial charge in [0.2, 0.25) is 5.91 Å². The molecule has 1 atom stereocenters. The number of aliphatic hydroxyl groups is 1. The van der Waals surface area contributed by atoms with Crippen molar-refractivity contribution >= 4 is 5.91 Å². The van der Waals surface area contributed by atoms with Crippen LogP contribution >= 0.6 is 0 Å². The fourth-order valence-corrected chi connectivity index (χ4v) is 2.77. The Kier molecular flexibility index (Phi) is 6.65. The van der Waals surface area contributed by atoms with E-state index in [0.29, 0.717) is 37.7 Å². The minimum Gasteiger partial charge on any atom is -0.494 e. The highest BCUT2D eigenvalue weighted by molar-refractivity contribution is 5.75. The summed E-state index contributed by atoms with van der Waals surface area (Å²) < 4.78 is 18.1. The Labute approximate surface area is 130 Å². The van der Waals surface area contributed by atoms with Crippen LogP contribution in [0.25, 0.3) is 0 Å². The van der Waals surface area contributed by atoms with E-state index in [4.69, 9.17) is 4.74 Å². The van der Waals surface area contributed by atoms with Gasteiger partial charge in [-0.05, 0) is 49.4 Å². The number of carbonyl (C=O) groups is 1. The van der Waals surface area contributed by atoms with Crippen molar-refractivity contribution in [3.8, 4) is 5.75 Å². The van der Waals surface area contributed by atoms with Crippen molar-refractivity contribution in [2.75, 3.05) is 13.2 Å². The van der Waals surface area contributed by atoms with Gasteiger partial charge in [-0.2, -0.15) is 0 Å². The van der Waals surface area contributed by atoms with Crippen molar-refractivity contribution in [1.29, 1.82) is 0 Å². The van der Waals surface area contributed by atoms with Crippen molar-refractivity contribution in [3.63, 3.8) is 0 Å². The van der Waals surface area contributed by atoms with Gasteiger partial charge in [0.05, 0.1) is 12.7 Å². The summed E-state index contributed by atoms with van der Waals surface area (Å²) in [5, 5.41) is 12.7. The molecule has 1 saturated carbocycles. The van der Waals surface area contributed by atoms with E-state index in [0.717, 1.165) is 12.8 Å². The van der Waals surface area contributed by atoms with Crippen LogP contribution in [-0.2, 0) is 4.79 Å². The van der Waals surface area contributed by atoms with E-state index >= 15 is 0 Å². The van der Waals surface area contributed by atoms with Gasteiger partial charge in [-0.3, -0.25) is 4.79 Å². The predicted molar refractivity (Wildman–Crippen MR) is 82.1 cm³/mol. The minimum absolute atomic E-state index is 0.0697. The van der Waals surface area contributed by atoms with Crippen LogP contribution in [0.2, 0.25) is 0 Å². The lowest BCUT2D eigenvalue weighted by Crippen LogP contribution is -2.35. The predicted octanol–water partition coefficient (Wildman–Crippen LogP) is 2.65. The van der Waals surface area contributed by atoms with Gasteiger partial charge >= 0.3 is 0 Å². The first-order valence-electron chi connectivity index (χ1n) is 7.98. The van der Waals surface area contributed by atoms with Crippen LogP contribution in [0.4, 0.5) is 4.39 Å². The Bertz CT molecular complexity index is 457. The van der Waals surface area contributed by atoms with Crippen molar-refractivity contribution in [2.45, 2.75) is 44.6 Å². The molecule has 1 aromatic rings. The molecule has 122 valence electrons. The van der Waals surface area contributed by atoms with E-state index in [1.54, 1.807) is 12.1 Å². The largest absolute Gasteiger partial charge is 0.494 e. The third kappa shape index (κ3) is 5.64. The molecular formula is C17H24FNO3. The number of amides is 1. The lowest BCUT2D eigenvalue weighted by Gasteiger charge is -2.18. The van der Waals surface area contributed by atoms with Crippen LogP contribution in [0.15, 0.2) is 24.3 Å². The first kappa shape index (κ1) is 16.7. The van der Waals surface area contributed by atoms with Crippen LogP contribution in [0, 0.1) is 11.7 Å². The molecule has 0 bridgehead atoms. The maximum absolute atomic E-state index is 12.7. The molecule has 0 heterocycles. The highest BCUT2D eigenvalue weighted by Crippen LogP contribution is 2.27. The third-order valence-electron chi connectivity index (χ3n) is 4.08. The second-order valence-corrected chi connectivity index (χ2v) is 5.82. The van der Waals surface area contributed by atoms with E-state index in [9.17, 15) is 14.3 Å². The molecule has 1 aliphatic carbocycles. The smallest absolute Gasteiger partial charge is 0.220 e. The molecule has 1 aliphatic rings. The van der Waals surface area contributed by atoms with Crippen molar-refractivity contribution in [2.24, 2.45) is 5.92 Å². The third-order valence-corrected chi connectivity index (χ3v) is 4.08. The second-order valence-electron chi connectivity index (χ2n) is 5.82. The van der Waals surface area contributed by atoms with Gasteiger partial charge in [-0.25, -0.2) is 4.39 Å². The minimum atomic E-state index is -0.429. The van der Waals surface area contributed by atoms with Crippen molar-refractivity contribution < 1.29 is 19.0 Å². The SMILES string of the molecule is O=C(CCCOc1ccc(F)cc1)NCC(O)C1CCCC1. The standard InChI is InChI=1S/C17H24FNO3/c18-14-7-9-15(10-8-14)22-11-3-6-17(21)19-12-16(20)13-4-1-2-5-13/h7-10,13,16,20H,1-6,11-12H2,(H,19,21). The number of carbonyl (C=O) groups excluding carboxylic acids is 1. The lowest BCUT2D eigenvalue weighted by molar-refractivity contribution is -0.121. The lowest BCUT2D eigenvalue weighted by atomic mass is 10.0. The molecule has 2 rings (SSSR count). The maximum Gasteiger partial charge on any atom is 0.220 e. The molecule has 0 aromatic heterocycles. The first-order valence-corrected chi connectivity index (χ1v) is 7.98. The molecule has 0 spiro atoms. The average Bonchev–Trinajstić information content (AvgIpc) is 3.05. The summed E-state index contributed by atoms with van der Waals surface area (Å²) in [5.41, 5.74) is 0. The van der Waals surface area contributed by atoms with Crippen LogP contribution in [-0.4, -0.2) is 30.3 Å². The summed E-state index contributed by atoms with van der Waals surface area (Å²) in [4.78, 5) is 11.7. The fraction of sp³-hybridized carbons (Fsp3) is 0.588. The maximum atomic E-state index is 12.7. The van der Waals surface area contributed by atoms with Gasteiger partial charge in [0.1, 0.15) is 11.6 Å². The Balaban J connectivity index is 1.54. The number of hydrogen-bond acceptors (Lipinski definition) is 3. The molecule has 1 amide bonds. The van der Waals surface area contributed by atoms with Crippen LogP contribution < -0.4 is 10.1 Å². The zero-order chi connectivity index (χ0) is 15.8. The number of nitrogens with one attached hydrogen (secondary N) is 1. The summed E-state index contributed by atoms with van der Waals surface area (Å²) in [5.74, 6) is 0.563. The van der Waals surface area contributed by atoms with E-state index in [1.165, 1.54) is 25.0 Å². The molecule has 0 saturated heterocycles. The van der Waals surface area contributed by atoms with E-state index < -0.39 is 6.10 Å². The first-order chi connectivity index (χ1) is 10.6. The fourth-order valence-electron chi connectivity index (χ4n) is 2.77. The molecule has 4 nitrogen and oxygen atoms in total. The van der Waals surface area contributed by atoms with Gasteiger partial charge in [0.25, 0.3) is 0 Å². The Morgan fingerprint density at radius 3 is 2.68 bits per heavy atom. The van der Waals surface area contributed by atoms with E-state index in [2.05, 4.69) is 5.32 Å². The average molecular weight is 309 g/mol. The van der Waals surface area contributed by atoms with Crippen LogP contribution in [0.3, 0.4) is 0 Å². The van der Waals surface area contributed by atoms with Gasteiger partial charge in [-0.15, -0.1) is 0 Å². The number of rotatable bonds is 8. The number of hydrogen-bond donors (Lipinski definition) is 2. The van der Waals surface area contributed by atoms with Gasteiger partial charge in [-0.1, -0.05) is 12.8 Å². The van der Waals surface area contributed by atoms with E-state index in [1.807, 2.05) is 0 Å². The number of aliphatic hydroxyl groups excluding tert-OH is 1. The van der Waals surface area contributed by atoms with Crippen molar-refractivity contribution in [3.05, 3.63) is 30.1 Å². The highest BCUT2D eigenvalue weighted by Gasteiger charge is 2.23. The molecule has 1 fully saturated rings. The van der Waals surface area contributed by atoms with E-state index in [-0.39, 0.29) is 11.7 Å². The summed E-state index contributed by atoms with van der Waals surface area (Å²) in [6.45, 7) is 0.743. The zero-order valence-electron chi connectivity index (χ0n) is 12.8. The van der Waals surface area contributed by atoms with Crippen LogP contribution in [0.5, 0.6) is 5.75 Å². The molecule has 2 N–H and O–H groups in total. The molecule has 22 heavy (non-hydrogen) atoms. The Morgan fingerprint density at radius 2 is 2.00 bits per heavy atom. The summed E-state index contributed by atoms with van der Waals surface area (Å²) >= 11 is 0. The monoisotopic (exact) mass is 309 g/mol. The normalized spacial score (nSPS) is 16.5. The molecule has 0 aliphatic heterocycles. The summed E-state index contributed by atoms with van der Waals surface area (Å²) in [6, 6.07) is 5.81. The highest BCUT2D eigenvalue weighted by atomic mass is 19.1. The quantitative estimate of drug-likeness (QED) is 0.726. The van der Waals surface area contributed by atoms with Crippen LogP contribution in [0.1, 0.15) is 38.5 Å². The Morgan fingerprint density at radius 1 is 1.32 bits per heavy atom. The molecule has 1 unspecified atom stereocenters. The molecule has 0 radical (unpaired) electrons. The van der Waals surface area contributed by atoms with Gasteiger partial charge in [0, 0.05) is 13.0 Å². The number of halogens is 1. The zero-order valence-corrected chi connectivity index (χ0v) is 12.8. The number of ether oxygens (including phenoxy) is 1. The molecule has 1 aromatic carbocycles. The Hall–Kier alpha value is -1.62. The van der Waals surface area contributed by atoms with Gasteiger partial charge < -0.3 is 15.2 Å². The molecular weight excluding hydrogens is 285 g/mol. The van der Waals surface area contributed by atoms with Crippen molar-refractivity contribution in [1.82, 2.24) is 5.32 Å².